The number of rotatable bonds is 7. The van der Waals surface area contributed by atoms with Crippen molar-refractivity contribution < 1.29 is 14.3 Å². The molecule has 0 aliphatic heterocycles. The molecule has 5 rings (SSSR count). The van der Waals surface area contributed by atoms with Crippen LogP contribution in [-0.2, 0) is 4.79 Å². The normalized spacial score (nSPS) is 17.0. The highest BCUT2D eigenvalue weighted by molar-refractivity contribution is 6.09. The number of benzene rings is 1. The molecule has 0 atom stereocenters. The molecular formula is C24H26N6O3. The fourth-order valence-corrected chi connectivity index (χ4v) is 3.87. The van der Waals surface area contributed by atoms with E-state index in [1.165, 1.54) is 6.20 Å². The maximum absolute atomic E-state index is 13.1. The predicted octanol–water partition coefficient (Wildman–Crippen LogP) is 3.28. The van der Waals surface area contributed by atoms with Crippen molar-refractivity contribution in [3.05, 3.63) is 47.9 Å². The van der Waals surface area contributed by atoms with Gasteiger partial charge in [0, 0.05) is 48.8 Å². The summed E-state index contributed by atoms with van der Waals surface area (Å²) in [7, 11) is 0. The van der Waals surface area contributed by atoms with Gasteiger partial charge in [0.15, 0.2) is 5.65 Å². The molecule has 3 aromatic rings. The second-order valence-electron chi connectivity index (χ2n) is 8.68. The summed E-state index contributed by atoms with van der Waals surface area (Å²) in [5.41, 5.74) is 8.86. The SMILES string of the molecule is Nc1cc(OCC2CC2)c(NC(=O)c2cnn3cccnc23)cc1C=NC1CCC(=O)CC1. The zero-order valence-corrected chi connectivity index (χ0v) is 18.2. The summed E-state index contributed by atoms with van der Waals surface area (Å²) in [6, 6.07) is 5.37. The first kappa shape index (κ1) is 21.1. The third-order valence-electron chi connectivity index (χ3n) is 6.07. The summed E-state index contributed by atoms with van der Waals surface area (Å²) in [4.78, 5) is 33.4. The Balaban J connectivity index is 1.40. The summed E-state index contributed by atoms with van der Waals surface area (Å²) < 4.78 is 7.55. The number of aliphatic imine (C=N–C) groups is 1. The molecule has 2 saturated carbocycles. The van der Waals surface area contributed by atoms with Crippen LogP contribution in [0.2, 0.25) is 0 Å². The lowest BCUT2D eigenvalue weighted by atomic mass is 9.95. The number of amides is 1. The van der Waals surface area contributed by atoms with Gasteiger partial charge in [-0.25, -0.2) is 9.50 Å². The zero-order chi connectivity index (χ0) is 22.8. The van der Waals surface area contributed by atoms with Gasteiger partial charge in [0.05, 0.1) is 24.5 Å². The Hall–Kier alpha value is -3.75. The average molecular weight is 447 g/mol. The molecule has 2 fully saturated rings. The van der Waals surface area contributed by atoms with Crippen molar-refractivity contribution >= 4 is 34.9 Å². The molecule has 0 spiro atoms. The van der Waals surface area contributed by atoms with Gasteiger partial charge in [-0.05, 0) is 43.7 Å². The second-order valence-corrected chi connectivity index (χ2v) is 8.68. The molecule has 9 heteroatoms. The lowest BCUT2D eigenvalue weighted by Gasteiger charge is -2.17. The smallest absolute Gasteiger partial charge is 0.261 e. The van der Waals surface area contributed by atoms with Crippen LogP contribution in [0.25, 0.3) is 5.65 Å². The summed E-state index contributed by atoms with van der Waals surface area (Å²) in [6.45, 7) is 0.587. The largest absolute Gasteiger partial charge is 0.491 e. The number of hydrogen-bond acceptors (Lipinski definition) is 7. The first-order valence-electron chi connectivity index (χ1n) is 11.3. The topological polar surface area (TPSA) is 124 Å². The molecule has 0 saturated heterocycles. The number of hydrogen-bond donors (Lipinski definition) is 2. The minimum absolute atomic E-state index is 0.107. The predicted molar refractivity (Wildman–Crippen MR) is 125 cm³/mol. The van der Waals surface area contributed by atoms with E-state index in [0.717, 1.165) is 25.7 Å². The van der Waals surface area contributed by atoms with Gasteiger partial charge in [0.1, 0.15) is 17.1 Å². The summed E-state index contributed by atoms with van der Waals surface area (Å²) in [5, 5.41) is 7.13. The number of ketones is 1. The van der Waals surface area contributed by atoms with E-state index in [1.807, 2.05) is 0 Å². The Morgan fingerprint density at radius 2 is 2.09 bits per heavy atom. The van der Waals surface area contributed by atoms with Crippen molar-refractivity contribution in [1.82, 2.24) is 14.6 Å². The number of nitrogens with one attached hydrogen (secondary N) is 1. The van der Waals surface area contributed by atoms with Gasteiger partial charge in [-0.2, -0.15) is 5.10 Å². The average Bonchev–Trinajstić information content (AvgIpc) is 3.55. The van der Waals surface area contributed by atoms with Gasteiger partial charge < -0.3 is 15.8 Å². The number of Topliss-reactive ketones (excluding diaryl/α,β-unsaturated/α-hetero) is 1. The third kappa shape index (κ3) is 4.87. The number of nitrogen functional groups attached to an aromatic ring is 1. The maximum atomic E-state index is 13.1. The Kier molecular flexibility index (Phi) is 5.77. The number of nitrogens with two attached hydrogens (primary N) is 1. The monoisotopic (exact) mass is 446 g/mol. The van der Waals surface area contributed by atoms with E-state index in [2.05, 4.69) is 20.4 Å². The summed E-state index contributed by atoms with van der Waals surface area (Å²) in [5.74, 6) is 1.04. The summed E-state index contributed by atoms with van der Waals surface area (Å²) in [6.07, 6.45) is 11.5. The van der Waals surface area contributed by atoms with E-state index in [4.69, 9.17) is 10.5 Å². The Labute approximate surface area is 191 Å². The molecule has 0 bridgehead atoms. The van der Waals surface area contributed by atoms with Crippen LogP contribution in [0.5, 0.6) is 5.75 Å². The lowest BCUT2D eigenvalue weighted by Crippen LogP contribution is -2.17. The molecule has 170 valence electrons. The van der Waals surface area contributed by atoms with Crippen molar-refractivity contribution in [3.8, 4) is 5.75 Å². The highest BCUT2D eigenvalue weighted by atomic mass is 16.5. The van der Waals surface area contributed by atoms with Gasteiger partial charge >= 0.3 is 0 Å². The molecular weight excluding hydrogens is 420 g/mol. The van der Waals surface area contributed by atoms with E-state index < -0.39 is 0 Å². The molecule has 3 N–H and O–H groups in total. The molecule has 2 aliphatic carbocycles. The van der Waals surface area contributed by atoms with E-state index in [1.54, 1.807) is 41.3 Å². The van der Waals surface area contributed by atoms with Crippen LogP contribution in [0.15, 0.2) is 41.8 Å². The molecule has 33 heavy (non-hydrogen) atoms. The van der Waals surface area contributed by atoms with Crippen LogP contribution in [0.1, 0.15) is 54.4 Å². The Morgan fingerprint density at radius 1 is 1.27 bits per heavy atom. The molecule has 1 amide bonds. The van der Waals surface area contributed by atoms with Crippen LogP contribution in [0, 0.1) is 5.92 Å². The minimum atomic E-state index is -0.335. The summed E-state index contributed by atoms with van der Waals surface area (Å²) >= 11 is 0. The van der Waals surface area contributed by atoms with Crippen LogP contribution in [-0.4, -0.2) is 45.2 Å². The Morgan fingerprint density at radius 3 is 2.88 bits per heavy atom. The van der Waals surface area contributed by atoms with Crippen molar-refractivity contribution in [2.24, 2.45) is 10.9 Å². The molecule has 1 aromatic carbocycles. The van der Waals surface area contributed by atoms with E-state index in [9.17, 15) is 9.59 Å². The maximum Gasteiger partial charge on any atom is 0.261 e. The number of aromatic nitrogens is 3. The fraction of sp³-hybridized carbons (Fsp3) is 0.375. The molecule has 2 heterocycles. The number of nitrogens with zero attached hydrogens (tertiary/aromatic N) is 4. The number of fused-ring (bicyclic) bond motifs is 1. The number of carbonyl (C=O) groups is 2. The first-order chi connectivity index (χ1) is 16.1. The third-order valence-corrected chi connectivity index (χ3v) is 6.07. The van der Waals surface area contributed by atoms with E-state index >= 15 is 0 Å². The highest BCUT2D eigenvalue weighted by Gasteiger charge is 2.24. The molecule has 9 nitrogen and oxygen atoms in total. The first-order valence-corrected chi connectivity index (χ1v) is 11.3. The molecule has 0 radical (unpaired) electrons. The van der Waals surface area contributed by atoms with Crippen LogP contribution < -0.4 is 15.8 Å². The quantitative estimate of drug-likeness (QED) is 0.424. The molecule has 0 unspecified atom stereocenters. The van der Waals surface area contributed by atoms with Gasteiger partial charge in [-0.3, -0.25) is 14.6 Å². The number of anilines is 2. The van der Waals surface area contributed by atoms with Crippen molar-refractivity contribution in [2.45, 2.75) is 44.6 Å². The standard InChI is InChI=1S/C24H26N6O3/c25-20-11-22(33-14-15-2-3-15)21(10-16(20)12-27-17-4-6-18(31)7-5-17)29-24(32)19-13-28-30-9-1-8-26-23(19)30/h1,8-13,15,17H,2-7,14,25H2,(H,29,32). The van der Waals surface area contributed by atoms with Crippen LogP contribution in [0.3, 0.4) is 0 Å². The van der Waals surface area contributed by atoms with E-state index in [-0.39, 0.29) is 11.9 Å². The Bertz CT molecular complexity index is 1220. The van der Waals surface area contributed by atoms with Gasteiger partial charge in [0.25, 0.3) is 5.91 Å². The number of carbonyl (C=O) groups excluding carboxylic acids is 2. The minimum Gasteiger partial charge on any atom is -0.491 e. The fourth-order valence-electron chi connectivity index (χ4n) is 3.87. The van der Waals surface area contributed by atoms with Crippen molar-refractivity contribution in [3.63, 3.8) is 0 Å². The lowest BCUT2D eigenvalue weighted by molar-refractivity contribution is -0.120. The second kappa shape index (κ2) is 9.01. The van der Waals surface area contributed by atoms with Crippen LogP contribution in [0.4, 0.5) is 11.4 Å². The van der Waals surface area contributed by atoms with E-state index in [0.29, 0.717) is 65.0 Å². The van der Waals surface area contributed by atoms with Gasteiger partial charge in [-0.1, -0.05) is 0 Å². The number of ether oxygens (including phenoxy) is 1. The van der Waals surface area contributed by atoms with Crippen molar-refractivity contribution in [1.29, 1.82) is 0 Å². The van der Waals surface area contributed by atoms with Gasteiger partial charge in [0.2, 0.25) is 0 Å². The van der Waals surface area contributed by atoms with Gasteiger partial charge in [-0.15, -0.1) is 0 Å². The van der Waals surface area contributed by atoms with Crippen molar-refractivity contribution in [2.75, 3.05) is 17.7 Å². The highest BCUT2D eigenvalue weighted by Crippen LogP contribution is 2.34. The zero-order valence-electron chi connectivity index (χ0n) is 18.2. The molecule has 2 aromatic heterocycles. The van der Waals surface area contributed by atoms with Crippen LogP contribution >= 0.6 is 0 Å². The molecule has 2 aliphatic rings.